The monoisotopic (exact) mass is 144 g/mol. The molecule has 1 N–H and O–H groups in total. The predicted octanol–water partition coefficient (Wildman–Crippen LogP) is 0.677. The average molecular weight is 144 g/mol. The zero-order valence-electron chi connectivity index (χ0n) is 6.41. The van der Waals surface area contributed by atoms with Gasteiger partial charge in [0.15, 0.2) is 0 Å². The molecule has 0 aromatic carbocycles. The summed E-state index contributed by atoms with van der Waals surface area (Å²) in [5.74, 6) is -0.455. The molecule has 1 aliphatic heterocycles. The molecule has 1 saturated heterocycles. The van der Waals surface area contributed by atoms with E-state index in [4.69, 9.17) is 6.48 Å². The molecule has 0 bridgehead atoms. The van der Waals surface area contributed by atoms with Crippen LogP contribution in [0.2, 0.25) is 0 Å². The van der Waals surface area contributed by atoms with E-state index in [9.17, 15) is 9.59 Å². The Labute approximate surface area is 59.8 Å². The zero-order chi connectivity index (χ0) is 8.43. The number of rotatable bonds is 0. The largest absolute Gasteiger partial charge is 0.465 e. The minimum Gasteiger partial charge on any atom is -0.465 e. The van der Waals surface area contributed by atoms with Crippen LogP contribution < -0.4 is 0 Å². The SMILES string of the molecule is [2H]C1CCCC(=O)N1C(=O)O. The van der Waals surface area contributed by atoms with Crippen LogP contribution in [-0.4, -0.2) is 28.5 Å². The van der Waals surface area contributed by atoms with E-state index in [1.807, 2.05) is 0 Å². The third-order valence-corrected chi connectivity index (χ3v) is 1.38. The van der Waals surface area contributed by atoms with E-state index in [0.29, 0.717) is 17.7 Å². The Morgan fingerprint density at radius 2 is 2.40 bits per heavy atom. The van der Waals surface area contributed by atoms with Gasteiger partial charge >= 0.3 is 6.09 Å². The first-order valence-electron chi connectivity index (χ1n) is 3.68. The lowest BCUT2D eigenvalue weighted by molar-refractivity contribution is -0.130. The van der Waals surface area contributed by atoms with Crippen molar-refractivity contribution in [2.75, 3.05) is 6.52 Å². The number of piperidine rings is 1. The molecule has 1 atom stereocenters. The lowest BCUT2D eigenvalue weighted by atomic mass is 10.1. The van der Waals surface area contributed by atoms with Crippen LogP contribution in [0, 0.1) is 0 Å². The summed E-state index contributed by atoms with van der Waals surface area (Å²) in [6, 6.07) is 0. The van der Waals surface area contributed by atoms with Crippen LogP contribution in [0.5, 0.6) is 0 Å². The third-order valence-electron chi connectivity index (χ3n) is 1.38. The van der Waals surface area contributed by atoms with E-state index in [2.05, 4.69) is 0 Å². The molecule has 1 rings (SSSR count). The van der Waals surface area contributed by atoms with Crippen molar-refractivity contribution in [3.63, 3.8) is 0 Å². The van der Waals surface area contributed by atoms with Gasteiger partial charge in [-0.15, -0.1) is 0 Å². The maximum absolute atomic E-state index is 10.9. The molecule has 0 aliphatic carbocycles. The van der Waals surface area contributed by atoms with Crippen molar-refractivity contribution in [2.24, 2.45) is 0 Å². The van der Waals surface area contributed by atoms with Gasteiger partial charge in [0.05, 0.1) is 1.37 Å². The first kappa shape index (κ1) is 5.70. The fourth-order valence-corrected chi connectivity index (χ4v) is 0.881. The van der Waals surface area contributed by atoms with Gasteiger partial charge in [0.2, 0.25) is 5.91 Å². The Bertz CT molecular complexity index is 194. The number of imide groups is 1. The molecule has 4 heteroatoms. The van der Waals surface area contributed by atoms with Crippen molar-refractivity contribution >= 4 is 12.0 Å². The summed E-state index contributed by atoms with van der Waals surface area (Å²) >= 11 is 0. The van der Waals surface area contributed by atoms with Gasteiger partial charge in [0.25, 0.3) is 0 Å². The van der Waals surface area contributed by atoms with Crippen LogP contribution in [0.15, 0.2) is 0 Å². The summed E-state index contributed by atoms with van der Waals surface area (Å²) < 4.78 is 7.21. The number of carbonyl (C=O) groups excluding carboxylic acids is 1. The second kappa shape index (κ2) is 2.68. The number of likely N-dealkylation sites (tertiary alicyclic amines) is 1. The van der Waals surface area contributed by atoms with Crippen molar-refractivity contribution in [3.05, 3.63) is 0 Å². The lowest BCUT2D eigenvalue weighted by Crippen LogP contribution is -2.39. The van der Waals surface area contributed by atoms with Crippen LogP contribution in [0.3, 0.4) is 0 Å². The van der Waals surface area contributed by atoms with Crippen molar-refractivity contribution < 1.29 is 16.1 Å². The smallest absolute Gasteiger partial charge is 0.414 e. The van der Waals surface area contributed by atoms with Gasteiger partial charge in [-0.05, 0) is 12.8 Å². The van der Waals surface area contributed by atoms with Crippen LogP contribution in [0.4, 0.5) is 4.79 Å². The van der Waals surface area contributed by atoms with Crippen molar-refractivity contribution in [2.45, 2.75) is 19.3 Å². The predicted molar refractivity (Wildman–Crippen MR) is 33.6 cm³/mol. The first-order chi connectivity index (χ1) is 5.13. The van der Waals surface area contributed by atoms with Gasteiger partial charge in [0, 0.05) is 12.9 Å². The molecular formula is C6H9NO3. The number of amides is 2. The molecule has 1 heterocycles. The van der Waals surface area contributed by atoms with Gasteiger partial charge in [-0.3, -0.25) is 4.79 Å². The van der Waals surface area contributed by atoms with E-state index in [1.165, 1.54) is 0 Å². The summed E-state index contributed by atoms with van der Waals surface area (Å²) in [6.45, 7) is -0.895. The number of carboxylic acid groups (broad SMARTS) is 1. The van der Waals surface area contributed by atoms with Crippen LogP contribution in [-0.2, 0) is 4.79 Å². The Balaban J connectivity index is 2.70. The molecule has 0 aromatic heterocycles. The molecule has 56 valence electrons. The molecule has 1 fully saturated rings. The number of carbonyl (C=O) groups is 2. The Morgan fingerprint density at radius 1 is 1.70 bits per heavy atom. The molecule has 0 saturated carbocycles. The van der Waals surface area contributed by atoms with Gasteiger partial charge in [0.1, 0.15) is 0 Å². The Morgan fingerprint density at radius 3 is 2.80 bits per heavy atom. The Hall–Kier alpha value is -1.06. The zero-order valence-corrected chi connectivity index (χ0v) is 5.41. The highest BCUT2D eigenvalue weighted by Gasteiger charge is 2.22. The summed E-state index contributed by atoms with van der Waals surface area (Å²) in [7, 11) is 0. The minimum absolute atomic E-state index is 0.252. The summed E-state index contributed by atoms with van der Waals surface area (Å²) in [5.41, 5.74) is 0. The highest BCUT2D eigenvalue weighted by atomic mass is 16.4. The first-order valence-corrected chi connectivity index (χ1v) is 3.10. The molecule has 2 amide bonds. The molecule has 10 heavy (non-hydrogen) atoms. The molecular weight excluding hydrogens is 134 g/mol. The van der Waals surface area contributed by atoms with E-state index in [0.717, 1.165) is 0 Å². The van der Waals surface area contributed by atoms with Crippen LogP contribution in [0.25, 0.3) is 0 Å². The summed E-state index contributed by atoms with van der Waals surface area (Å²) in [5, 5.41) is 8.46. The maximum atomic E-state index is 10.9. The van der Waals surface area contributed by atoms with Gasteiger partial charge < -0.3 is 5.11 Å². The lowest BCUT2D eigenvalue weighted by Gasteiger charge is -2.21. The molecule has 4 nitrogen and oxygen atoms in total. The normalized spacial score (nSPS) is 28.0. The maximum Gasteiger partial charge on any atom is 0.414 e. The Kier molecular flexibility index (Phi) is 1.53. The van der Waals surface area contributed by atoms with Gasteiger partial charge in [-0.1, -0.05) is 0 Å². The van der Waals surface area contributed by atoms with Gasteiger partial charge in [-0.2, -0.15) is 0 Å². The van der Waals surface area contributed by atoms with E-state index in [1.54, 1.807) is 0 Å². The number of nitrogens with zero attached hydrogens (tertiary/aromatic N) is 1. The van der Waals surface area contributed by atoms with Crippen LogP contribution >= 0.6 is 0 Å². The number of hydrogen-bond acceptors (Lipinski definition) is 2. The summed E-state index contributed by atoms with van der Waals surface area (Å²) in [6.07, 6.45) is 0.0194. The van der Waals surface area contributed by atoms with E-state index >= 15 is 0 Å². The highest BCUT2D eigenvalue weighted by Crippen LogP contribution is 2.09. The molecule has 0 spiro atoms. The minimum atomic E-state index is -1.31. The fourth-order valence-electron chi connectivity index (χ4n) is 0.881. The van der Waals surface area contributed by atoms with Crippen LogP contribution in [0.1, 0.15) is 20.6 Å². The molecule has 1 unspecified atom stereocenters. The van der Waals surface area contributed by atoms with Crippen molar-refractivity contribution in [1.82, 2.24) is 4.90 Å². The quantitative estimate of drug-likeness (QED) is 0.543. The topological polar surface area (TPSA) is 57.6 Å². The number of hydrogen-bond donors (Lipinski definition) is 1. The second-order valence-electron chi connectivity index (χ2n) is 2.12. The average Bonchev–Trinajstić information content (AvgIpc) is 1.85. The van der Waals surface area contributed by atoms with Crippen molar-refractivity contribution in [1.29, 1.82) is 0 Å². The molecule has 0 aromatic rings. The molecule has 0 radical (unpaired) electrons. The van der Waals surface area contributed by atoms with Crippen molar-refractivity contribution in [3.8, 4) is 0 Å². The second-order valence-corrected chi connectivity index (χ2v) is 2.12. The fraction of sp³-hybridized carbons (Fsp3) is 0.667. The highest BCUT2D eigenvalue weighted by molar-refractivity contribution is 5.91. The third kappa shape index (κ3) is 1.26. The van der Waals surface area contributed by atoms with Gasteiger partial charge in [-0.25, -0.2) is 9.69 Å². The van der Waals surface area contributed by atoms with E-state index < -0.39 is 18.5 Å². The summed E-state index contributed by atoms with van der Waals surface area (Å²) in [4.78, 5) is 21.8. The molecule has 1 aliphatic rings. The standard InChI is InChI=1S/C6H9NO3/c8-5-3-1-2-4-7(5)6(9)10/h1-4H2,(H,9,10)/i4D. The van der Waals surface area contributed by atoms with E-state index in [-0.39, 0.29) is 6.42 Å².